The lowest BCUT2D eigenvalue weighted by Gasteiger charge is -2.26. The Balaban J connectivity index is 4.36. The Morgan fingerprint density at radius 2 is 1.58 bits per heavy atom. The van der Waals surface area contributed by atoms with E-state index < -0.39 is 23.4 Å². The van der Waals surface area contributed by atoms with Crippen LogP contribution in [0.5, 0.6) is 0 Å². The predicted octanol–water partition coefficient (Wildman–Crippen LogP) is 3.91. The van der Waals surface area contributed by atoms with Crippen molar-refractivity contribution in [2.75, 3.05) is 6.54 Å². The summed E-state index contributed by atoms with van der Waals surface area (Å²) in [5, 5.41) is 1.69. The molecule has 0 heterocycles. The van der Waals surface area contributed by atoms with Crippen LogP contribution in [0.15, 0.2) is 0 Å². The number of amides is 1. The molecule has 2 nitrogen and oxygen atoms in total. The second kappa shape index (κ2) is 6.52. The molecule has 1 N–H and O–H groups in total. The number of halogens is 5. The van der Waals surface area contributed by atoms with Crippen LogP contribution in [0.1, 0.15) is 46.5 Å². The van der Waals surface area contributed by atoms with E-state index in [0.717, 1.165) is 19.3 Å². The summed E-state index contributed by atoms with van der Waals surface area (Å²) in [6.07, 6.45) is -2.43. The molecule has 0 unspecified atom stereocenters. The van der Waals surface area contributed by atoms with E-state index in [2.05, 4.69) is 0 Å². The molecule has 0 aromatic carbocycles. The van der Waals surface area contributed by atoms with Gasteiger partial charge in [0.2, 0.25) is 0 Å². The molecule has 0 aromatic heterocycles. The summed E-state index contributed by atoms with van der Waals surface area (Å²) in [5.41, 5.74) is -0.507. The molecule has 0 spiro atoms. The number of carbonyl (C=O) groups is 1. The Kier molecular flexibility index (Phi) is 6.22. The minimum atomic E-state index is -5.86. The summed E-state index contributed by atoms with van der Waals surface area (Å²) in [5.74, 6) is -7.63. The summed E-state index contributed by atoms with van der Waals surface area (Å²) in [6, 6.07) is 0. The van der Waals surface area contributed by atoms with E-state index in [9.17, 15) is 26.7 Å². The van der Waals surface area contributed by atoms with Crippen LogP contribution in [0.4, 0.5) is 22.0 Å². The fourth-order valence-corrected chi connectivity index (χ4v) is 1.50. The van der Waals surface area contributed by atoms with E-state index in [4.69, 9.17) is 0 Å². The molecule has 7 heteroatoms. The lowest BCUT2D eigenvalue weighted by molar-refractivity contribution is -0.269. The van der Waals surface area contributed by atoms with Gasteiger partial charge in [-0.2, -0.15) is 22.0 Å². The average molecular weight is 289 g/mol. The maximum absolute atomic E-state index is 12.7. The van der Waals surface area contributed by atoms with E-state index in [1.54, 1.807) is 19.2 Å². The van der Waals surface area contributed by atoms with Crippen LogP contribution in [0, 0.1) is 5.41 Å². The van der Waals surface area contributed by atoms with Crippen molar-refractivity contribution in [3.8, 4) is 0 Å². The van der Waals surface area contributed by atoms with Gasteiger partial charge in [0.1, 0.15) is 0 Å². The molecule has 0 aliphatic rings. The first-order valence-electron chi connectivity index (χ1n) is 6.17. The van der Waals surface area contributed by atoms with Crippen molar-refractivity contribution in [3.63, 3.8) is 0 Å². The van der Waals surface area contributed by atoms with Crippen molar-refractivity contribution in [2.24, 2.45) is 5.41 Å². The van der Waals surface area contributed by atoms with Gasteiger partial charge in [-0.1, -0.05) is 40.0 Å². The van der Waals surface area contributed by atoms with Crippen molar-refractivity contribution in [2.45, 2.75) is 58.6 Å². The fourth-order valence-electron chi connectivity index (χ4n) is 1.50. The van der Waals surface area contributed by atoms with Crippen molar-refractivity contribution in [1.82, 2.24) is 5.32 Å². The Labute approximate surface area is 109 Å². The monoisotopic (exact) mass is 289 g/mol. The lowest BCUT2D eigenvalue weighted by Crippen LogP contribution is -2.52. The molecule has 0 rings (SSSR count). The van der Waals surface area contributed by atoms with Crippen LogP contribution in [-0.4, -0.2) is 24.6 Å². The zero-order chi connectivity index (χ0) is 15.3. The molecule has 0 aliphatic carbocycles. The van der Waals surface area contributed by atoms with Crippen LogP contribution in [0.25, 0.3) is 0 Å². The maximum atomic E-state index is 12.7. The molecular weight excluding hydrogens is 269 g/mol. The topological polar surface area (TPSA) is 29.1 Å². The van der Waals surface area contributed by atoms with Crippen molar-refractivity contribution < 1.29 is 26.7 Å². The van der Waals surface area contributed by atoms with Gasteiger partial charge < -0.3 is 5.32 Å². The van der Waals surface area contributed by atoms with E-state index in [1.807, 2.05) is 6.92 Å². The molecule has 1 amide bonds. The molecule has 0 bridgehead atoms. The third-order valence-corrected chi connectivity index (χ3v) is 2.83. The quantitative estimate of drug-likeness (QED) is 0.559. The Hall–Kier alpha value is -0.880. The van der Waals surface area contributed by atoms with Gasteiger partial charge in [-0.15, -0.1) is 0 Å². The molecule has 0 aliphatic heterocycles. The Bertz CT molecular complexity index is 299. The summed E-state index contributed by atoms with van der Waals surface area (Å²) >= 11 is 0. The van der Waals surface area contributed by atoms with Crippen molar-refractivity contribution >= 4 is 5.91 Å². The summed E-state index contributed by atoms with van der Waals surface area (Å²) < 4.78 is 61.2. The number of carbonyl (C=O) groups excluding carboxylic acids is 1. The van der Waals surface area contributed by atoms with Crippen LogP contribution < -0.4 is 5.32 Å². The normalized spacial score (nSPS) is 13.5. The smallest absolute Gasteiger partial charge is 0.350 e. The molecule has 0 atom stereocenters. The minimum absolute atomic E-state index is 0.207. The first-order chi connectivity index (χ1) is 8.44. The molecule has 0 fully saturated rings. The highest BCUT2D eigenvalue weighted by Gasteiger charge is 2.63. The van der Waals surface area contributed by atoms with E-state index >= 15 is 0 Å². The lowest BCUT2D eigenvalue weighted by atomic mass is 9.87. The van der Waals surface area contributed by atoms with Gasteiger partial charge >= 0.3 is 12.1 Å². The fraction of sp³-hybridized carbons (Fsp3) is 0.917. The van der Waals surface area contributed by atoms with E-state index in [0.29, 0.717) is 6.42 Å². The molecule has 0 saturated carbocycles. The number of hydrogen-bond acceptors (Lipinski definition) is 1. The van der Waals surface area contributed by atoms with Gasteiger partial charge in [-0.3, -0.25) is 4.79 Å². The van der Waals surface area contributed by atoms with Crippen LogP contribution in [0.3, 0.4) is 0 Å². The zero-order valence-corrected chi connectivity index (χ0v) is 11.3. The summed E-state index contributed by atoms with van der Waals surface area (Å²) in [6.45, 7) is 5.23. The third-order valence-electron chi connectivity index (χ3n) is 2.83. The molecule has 0 aromatic rings. The molecule has 0 radical (unpaired) electrons. The highest BCUT2D eigenvalue weighted by molar-refractivity contribution is 5.84. The van der Waals surface area contributed by atoms with Gasteiger partial charge in [0, 0.05) is 6.54 Å². The minimum Gasteiger partial charge on any atom is -0.350 e. The summed E-state index contributed by atoms with van der Waals surface area (Å²) in [4.78, 5) is 10.9. The third kappa shape index (κ3) is 5.74. The van der Waals surface area contributed by atoms with Gasteiger partial charge in [0.05, 0.1) is 0 Å². The average Bonchev–Trinajstić information content (AvgIpc) is 2.24. The Morgan fingerprint density at radius 3 is 2.00 bits per heavy atom. The van der Waals surface area contributed by atoms with E-state index in [1.165, 1.54) is 0 Å². The van der Waals surface area contributed by atoms with E-state index in [-0.39, 0.29) is 6.54 Å². The van der Waals surface area contributed by atoms with Gasteiger partial charge in [0.15, 0.2) is 0 Å². The zero-order valence-electron chi connectivity index (χ0n) is 11.3. The van der Waals surface area contributed by atoms with Crippen LogP contribution >= 0.6 is 0 Å². The number of nitrogens with one attached hydrogen (secondary N) is 1. The number of alkyl halides is 5. The van der Waals surface area contributed by atoms with Crippen LogP contribution in [-0.2, 0) is 4.79 Å². The SMILES string of the molecule is CCCCCC(C)(C)CNC(=O)C(F)(F)C(F)(F)F. The molecule has 114 valence electrons. The summed E-state index contributed by atoms with van der Waals surface area (Å²) in [7, 11) is 0. The molecule has 19 heavy (non-hydrogen) atoms. The second-order valence-corrected chi connectivity index (χ2v) is 5.38. The maximum Gasteiger partial charge on any atom is 0.463 e. The molecule has 0 saturated heterocycles. The predicted molar refractivity (Wildman–Crippen MR) is 61.9 cm³/mol. The highest BCUT2D eigenvalue weighted by Crippen LogP contribution is 2.35. The van der Waals surface area contributed by atoms with Gasteiger partial charge in [-0.05, 0) is 11.8 Å². The van der Waals surface area contributed by atoms with Gasteiger partial charge in [-0.25, -0.2) is 0 Å². The second-order valence-electron chi connectivity index (χ2n) is 5.38. The standard InChI is InChI=1S/C12H20F5NO/c1-4-5-6-7-10(2,3)8-18-9(19)11(13,14)12(15,16)17/h4-8H2,1-3H3,(H,18,19). The Morgan fingerprint density at radius 1 is 1.05 bits per heavy atom. The number of rotatable bonds is 7. The van der Waals surface area contributed by atoms with Crippen molar-refractivity contribution in [1.29, 1.82) is 0 Å². The number of unbranched alkanes of at least 4 members (excludes halogenated alkanes) is 2. The first kappa shape index (κ1) is 18.1. The first-order valence-corrected chi connectivity index (χ1v) is 6.17. The van der Waals surface area contributed by atoms with Crippen molar-refractivity contribution in [3.05, 3.63) is 0 Å². The highest BCUT2D eigenvalue weighted by atomic mass is 19.4. The largest absolute Gasteiger partial charge is 0.463 e. The molecular formula is C12H20F5NO. The number of hydrogen-bond donors (Lipinski definition) is 1. The van der Waals surface area contributed by atoms with Gasteiger partial charge in [0.25, 0.3) is 5.91 Å². The van der Waals surface area contributed by atoms with Crippen LogP contribution in [0.2, 0.25) is 0 Å².